The smallest absolute Gasteiger partial charge is 0.324 e. The number of hydrogen-bond donors (Lipinski definition) is 0. The summed E-state index contributed by atoms with van der Waals surface area (Å²) in [6.07, 6.45) is 0.592. The van der Waals surface area contributed by atoms with Crippen LogP contribution in [-0.4, -0.2) is 24.8 Å². The second kappa shape index (κ2) is 5.63. The number of benzene rings is 1. The predicted molar refractivity (Wildman–Crippen MR) is 80.4 cm³/mol. The van der Waals surface area contributed by atoms with Gasteiger partial charge in [-0.1, -0.05) is 26.0 Å². The Morgan fingerprint density at radius 3 is 2.05 bits per heavy atom. The van der Waals surface area contributed by atoms with E-state index in [1.54, 1.807) is 21.0 Å². The number of esters is 2. The zero-order valence-electron chi connectivity index (χ0n) is 13.6. The van der Waals surface area contributed by atoms with E-state index in [1.165, 1.54) is 0 Å². The van der Waals surface area contributed by atoms with Gasteiger partial charge in [0, 0.05) is 19.3 Å². The highest BCUT2D eigenvalue weighted by Gasteiger charge is 2.52. The van der Waals surface area contributed by atoms with Crippen molar-refractivity contribution in [2.24, 2.45) is 5.92 Å². The molecule has 1 aromatic carbocycles. The summed E-state index contributed by atoms with van der Waals surface area (Å²) in [7, 11) is 1.59. The van der Waals surface area contributed by atoms with Crippen LogP contribution in [-0.2, 0) is 24.5 Å². The highest BCUT2D eigenvalue weighted by atomic mass is 16.7. The topological polar surface area (TPSA) is 61.8 Å². The monoisotopic (exact) mass is 306 g/mol. The zero-order chi connectivity index (χ0) is 16.5. The summed E-state index contributed by atoms with van der Waals surface area (Å²) in [6.45, 7) is 6.91. The number of cyclic esters (lactones) is 2. The molecule has 1 atom stereocenters. The summed E-state index contributed by atoms with van der Waals surface area (Å²) >= 11 is 0. The first-order valence-corrected chi connectivity index (χ1v) is 7.34. The number of hydrogen-bond acceptors (Lipinski definition) is 5. The van der Waals surface area contributed by atoms with Crippen molar-refractivity contribution in [3.8, 4) is 5.75 Å². The summed E-state index contributed by atoms with van der Waals surface area (Å²) in [5.74, 6) is -2.54. The highest BCUT2D eigenvalue weighted by molar-refractivity contribution is 5.98. The van der Waals surface area contributed by atoms with Crippen LogP contribution in [0.5, 0.6) is 5.75 Å². The molecule has 1 heterocycles. The summed E-state index contributed by atoms with van der Waals surface area (Å²) in [6, 6.07) is 7.35. The van der Waals surface area contributed by atoms with E-state index in [-0.39, 0.29) is 0 Å². The second-order valence-electron chi connectivity index (χ2n) is 6.17. The Labute approximate surface area is 130 Å². The fraction of sp³-hybridized carbons (Fsp3) is 0.529. The lowest BCUT2D eigenvalue weighted by Crippen LogP contribution is -2.53. The molecule has 0 aliphatic carbocycles. The Morgan fingerprint density at radius 1 is 1.14 bits per heavy atom. The lowest BCUT2D eigenvalue weighted by molar-refractivity contribution is -0.243. The molecule has 1 aliphatic rings. The van der Waals surface area contributed by atoms with Crippen molar-refractivity contribution in [1.82, 2.24) is 0 Å². The van der Waals surface area contributed by atoms with Crippen LogP contribution in [0.1, 0.15) is 39.7 Å². The van der Waals surface area contributed by atoms with Gasteiger partial charge in [0.15, 0.2) is 5.92 Å². The van der Waals surface area contributed by atoms with E-state index in [9.17, 15) is 9.59 Å². The van der Waals surface area contributed by atoms with E-state index in [0.29, 0.717) is 6.42 Å². The fourth-order valence-electron chi connectivity index (χ4n) is 2.79. The third-order valence-electron chi connectivity index (χ3n) is 4.29. The minimum atomic E-state index is -1.21. The third kappa shape index (κ3) is 2.80. The number of carbonyl (C=O) groups excluding carboxylic acids is 2. The van der Waals surface area contributed by atoms with Gasteiger partial charge in [-0.25, -0.2) is 0 Å². The average Bonchev–Trinajstić information content (AvgIpc) is 2.45. The minimum absolute atomic E-state index is 0.540. The van der Waals surface area contributed by atoms with E-state index in [2.05, 4.69) is 0 Å². The lowest BCUT2D eigenvalue weighted by Gasteiger charge is -2.41. The standard InChI is InChI=1S/C17H22O5/c1-6-17(4,11-7-9-12(20-5)10-8-11)13-14(18)21-16(2,3)22-15(13)19/h7-10,13H,6H2,1-5H3/t17-/m0/s1. The maximum Gasteiger partial charge on any atom is 0.324 e. The van der Waals surface area contributed by atoms with Crippen LogP contribution in [0.15, 0.2) is 24.3 Å². The van der Waals surface area contributed by atoms with Crippen LogP contribution in [0, 0.1) is 5.92 Å². The first-order chi connectivity index (χ1) is 10.2. The first-order valence-electron chi connectivity index (χ1n) is 7.34. The van der Waals surface area contributed by atoms with Crippen LogP contribution >= 0.6 is 0 Å². The summed E-state index contributed by atoms with van der Waals surface area (Å²) in [5.41, 5.74) is 0.172. The van der Waals surface area contributed by atoms with Gasteiger partial charge in [-0.05, 0) is 24.1 Å². The molecule has 0 N–H and O–H groups in total. The largest absolute Gasteiger partial charge is 0.497 e. The maximum absolute atomic E-state index is 12.4. The molecular weight excluding hydrogens is 284 g/mol. The molecule has 1 aliphatic heterocycles. The molecule has 5 heteroatoms. The molecular formula is C17H22O5. The van der Waals surface area contributed by atoms with Gasteiger partial charge in [0.05, 0.1) is 7.11 Å². The molecule has 0 amide bonds. The highest BCUT2D eigenvalue weighted by Crippen LogP contribution is 2.41. The molecule has 22 heavy (non-hydrogen) atoms. The second-order valence-corrected chi connectivity index (χ2v) is 6.17. The maximum atomic E-state index is 12.4. The number of ether oxygens (including phenoxy) is 3. The van der Waals surface area contributed by atoms with Crippen LogP contribution in [0.2, 0.25) is 0 Å². The Hall–Kier alpha value is -2.04. The van der Waals surface area contributed by atoms with Crippen LogP contribution in [0.4, 0.5) is 0 Å². The van der Waals surface area contributed by atoms with Crippen molar-refractivity contribution in [1.29, 1.82) is 0 Å². The van der Waals surface area contributed by atoms with E-state index >= 15 is 0 Å². The summed E-state index contributed by atoms with van der Waals surface area (Å²) < 4.78 is 15.7. The van der Waals surface area contributed by atoms with Gasteiger partial charge in [-0.2, -0.15) is 0 Å². The fourth-order valence-corrected chi connectivity index (χ4v) is 2.79. The Bertz CT molecular complexity index is 555. The molecule has 0 spiro atoms. The molecule has 0 unspecified atom stereocenters. The van der Waals surface area contributed by atoms with Gasteiger partial charge < -0.3 is 14.2 Å². The van der Waals surface area contributed by atoms with Crippen molar-refractivity contribution in [3.63, 3.8) is 0 Å². The van der Waals surface area contributed by atoms with Crippen molar-refractivity contribution in [3.05, 3.63) is 29.8 Å². The average molecular weight is 306 g/mol. The molecule has 5 nitrogen and oxygen atoms in total. The quantitative estimate of drug-likeness (QED) is 0.632. The van der Waals surface area contributed by atoms with Gasteiger partial charge in [0.2, 0.25) is 0 Å². The molecule has 1 saturated heterocycles. The number of rotatable bonds is 4. The summed E-state index contributed by atoms with van der Waals surface area (Å²) in [4.78, 5) is 24.7. The Morgan fingerprint density at radius 2 is 1.64 bits per heavy atom. The third-order valence-corrected chi connectivity index (χ3v) is 4.29. The predicted octanol–water partition coefficient (Wildman–Crippen LogP) is 2.82. The molecule has 2 rings (SSSR count). The van der Waals surface area contributed by atoms with E-state index in [1.807, 2.05) is 38.1 Å². The van der Waals surface area contributed by atoms with Crippen LogP contribution in [0.3, 0.4) is 0 Å². The van der Waals surface area contributed by atoms with Gasteiger partial charge in [-0.15, -0.1) is 0 Å². The van der Waals surface area contributed by atoms with Crippen molar-refractivity contribution < 1.29 is 23.8 Å². The van der Waals surface area contributed by atoms with E-state index in [4.69, 9.17) is 14.2 Å². The van der Waals surface area contributed by atoms with E-state index < -0.39 is 29.1 Å². The van der Waals surface area contributed by atoms with Crippen LogP contribution < -0.4 is 4.74 Å². The van der Waals surface area contributed by atoms with Crippen molar-refractivity contribution >= 4 is 11.9 Å². The molecule has 0 bridgehead atoms. The summed E-state index contributed by atoms with van der Waals surface area (Å²) in [5, 5.41) is 0. The van der Waals surface area contributed by atoms with Crippen LogP contribution in [0.25, 0.3) is 0 Å². The lowest BCUT2D eigenvalue weighted by atomic mass is 9.69. The normalized spacial score (nSPS) is 20.8. The molecule has 0 aromatic heterocycles. The minimum Gasteiger partial charge on any atom is -0.497 e. The first kappa shape index (κ1) is 16.3. The van der Waals surface area contributed by atoms with E-state index in [0.717, 1.165) is 11.3 Å². The zero-order valence-corrected chi connectivity index (χ0v) is 13.6. The van der Waals surface area contributed by atoms with Gasteiger partial charge in [-0.3, -0.25) is 9.59 Å². The van der Waals surface area contributed by atoms with Gasteiger partial charge in [0.25, 0.3) is 5.79 Å². The SMILES string of the molecule is CC[C@@](C)(c1ccc(OC)cc1)C1C(=O)OC(C)(C)OC1=O. The van der Waals surface area contributed by atoms with Gasteiger partial charge in [0.1, 0.15) is 5.75 Å². The number of methoxy groups -OCH3 is 1. The molecule has 1 aromatic rings. The Kier molecular flexibility index (Phi) is 4.18. The van der Waals surface area contributed by atoms with Crippen molar-refractivity contribution in [2.75, 3.05) is 7.11 Å². The molecule has 120 valence electrons. The van der Waals surface area contributed by atoms with Crippen molar-refractivity contribution in [2.45, 2.75) is 45.3 Å². The molecule has 1 fully saturated rings. The van der Waals surface area contributed by atoms with Gasteiger partial charge >= 0.3 is 11.9 Å². The Balaban J connectivity index is 2.40. The number of carbonyl (C=O) groups is 2. The molecule has 0 radical (unpaired) electrons. The molecule has 0 saturated carbocycles.